The van der Waals surface area contributed by atoms with Gasteiger partial charge in [-0.2, -0.15) is 0 Å². The van der Waals surface area contributed by atoms with Gasteiger partial charge in [0.2, 0.25) is 5.75 Å². The zero-order chi connectivity index (χ0) is 25.1. The summed E-state index contributed by atoms with van der Waals surface area (Å²) < 4.78 is 32.4. The van der Waals surface area contributed by atoms with E-state index in [1.54, 1.807) is 21.3 Å². The molecule has 5 rings (SSSR count). The van der Waals surface area contributed by atoms with E-state index in [9.17, 15) is 4.39 Å². The topological polar surface area (TPSA) is 77.8 Å². The number of methoxy groups -OCH3 is 3. The highest BCUT2D eigenvalue weighted by atomic mass is 35.5. The molecule has 0 radical (unpaired) electrons. The molecule has 0 spiro atoms. The van der Waals surface area contributed by atoms with Crippen LogP contribution in [0.25, 0.3) is 0 Å². The van der Waals surface area contributed by atoms with Crippen LogP contribution in [0.1, 0.15) is 49.2 Å². The number of ether oxygens (including phenoxy) is 3. The Morgan fingerprint density at radius 2 is 1.51 bits per heavy atom. The van der Waals surface area contributed by atoms with Gasteiger partial charge in [-0.1, -0.05) is 12.8 Å². The second-order valence-electron chi connectivity index (χ2n) is 9.28. The van der Waals surface area contributed by atoms with Crippen LogP contribution in [0.15, 0.2) is 36.4 Å². The lowest BCUT2D eigenvalue weighted by atomic mass is 10.0. The third kappa shape index (κ3) is 5.45. The molecule has 1 saturated heterocycles. The number of nitrogens with zero attached hydrogens (tertiary/aromatic N) is 6. The summed E-state index contributed by atoms with van der Waals surface area (Å²) in [5, 5.41) is 13.1. The second-order valence-corrected chi connectivity index (χ2v) is 9.28. The van der Waals surface area contributed by atoms with E-state index in [1.165, 1.54) is 25.0 Å². The number of anilines is 1. The van der Waals surface area contributed by atoms with E-state index in [0.717, 1.165) is 56.1 Å². The number of hydrogen-bond acceptors (Lipinski definition) is 8. The molecular formula is C26H34ClFN6O3. The normalized spacial score (nSPS) is 17.4. The van der Waals surface area contributed by atoms with Gasteiger partial charge in [0, 0.05) is 31.9 Å². The molecule has 2 heterocycles. The van der Waals surface area contributed by atoms with Crippen molar-refractivity contribution in [2.75, 3.05) is 52.4 Å². The maximum absolute atomic E-state index is 13.4. The SMILES string of the molecule is COc1cc(C(c2nnnn2C2CCCC2)N2CCN(c3ccc(F)cc3)CC2)cc(OC)c1OC.Cl. The standard InChI is InChI=1S/C26H33FN6O3.ClH/c1-34-22-16-18(17-23(35-2)25(22)36-3)24(26-28-29-30-33(26)21-6-4-5-7-21)32-14-12-31(13-15-32)20-10-8-19(27)9-11-20;/h8-11,16-17,21,24H,4-7,12-15H2,1-3H3;1H. The number of halogens is 2. The van der Waals surface area contributed by atoms with Crippen molar-refractivity contribution in [3.05, 3.63) is 53.6 Å². The smallest absolute Gasteiger partial charge is 0.203 e. The zero-order valence-electron chi connectivity index (χ0n) is 21.5. The van der Waals surface area contributed by atoms with Gasteiger partial charge in [0.1, 0.15) is 5.82 Å². The lowest BCUT2D eigenvalue weighted by molar-refractivity contribution is 0.197. The first-order valence-electron chi connectivity index (χ1n) is 12.4. The maximum Gasteiger partial charge on any atom is 0.203 e. The van der Waals surface area contributed by atoms with Crippen LogP contribution >= 0.6 is 12.4 Å². The minimum absolute atomic E-state index is 0. The molecule has 11 heteroatoms. The molecule has 2 aromatic carbocycles. The summed E-state index contributed by atoms with van der Waals surface area (Å²) in [5.41, 5.74) is 2.00. The Morgan fingerprint density at radius 3 is 2.08 bits per heavy atom. The lowest BCUT2D eigenvalue weighted by Crippen LogP contribution is -2.48. The van der Waals surface area contributed by atoms with Crippen LogP contribution in [-0.4, -0.2) is 72.6 Å². The Morgan fingerprint density at radius 1 is 0.892 bits per heavy atom. The van der Waals surface area contributed by atoms with E-state index < -0.39 is 0 Å². The molecule has 1 atom stereocenters. The Labute approximate surface area is 222 Å². The van der Waals surface area contributed by atoms with Crippen molar-refractivity contribution in [2.24, 2.45) is 0 Å². The van der Waals surface area contributed by atoms with Gasteiger partial charge in [-0.15, -0.1) is 17.5 Å². The number of tetrazole rings is 1. The lowest BCUT2D eigenvalue weighted by Gasteiger charge is -2.40. The first kappa shape index (κ1) is 26.9. The maximum atomic E-state index is 13.4. The molecule has 9 nitrogen and oxygen atoms in total. The van der Waals surface area contributed by atoms with Crippen molar-refractivity contribution in [1.29, 1.82) is 0 Å². The first-order valence-corrected chi connectivity index (χ1v) is 12.4. The number of piperazine rings is 1. The van der Waals surface area contributed by atoms with Crippen molar-refractivity contribution in [3.8, 4) is 17.2 Å². The summed E-state index contributed by atoms with van der Waals surface area (Å²) >= 11 is 0. The fourth-order valence-corrected chi connectivity index (χ4v) is 5.46. The van der Waals surface area contributed by atoms with Crippen LogP contribution in [0.2, 0.25) is 0 Å². The van der Waals surface area contributed by atoms with Gasteiger partial charge < -0.3 is 19.1 Å². The molecule has 3 aromatic rings. The van der Waals surface area contributed by atoms with E-state index >= 15 is 0 Å². The molecule has 1 saturated carbocycles. The molecule has 1 aliphatic heterocycles. The molecule has 200 valence electrons. The third-order valence-electron chi connectivity index (χ3n) is 7.31. The van der Waals surface area contributed by atoms with E-state index in [1.807, 2.05) is 28.9 Å². The molecule has 2 aliphatic rings. The van der Waals surface area contributed by atoms with Crippen LogP contribution in [0.3, 0.4) is 0 Å². The van der Waals surface area contributed by atoms with Crippen molar-refractivity contribution in [3.63, 3.8) is 0 Å². The molecule has 0 bridgehead atoms. The van der Waals surface area contributed by atoms with E-state index in [0.29, 0.717) is 23.3 Å². The molecule has 1 aromatic heterocycles. The fraction of sp³-hybridized carbons (Fsp3) is 0.500. The predicted molar refractivity (Wildman–Crippen MR) is 141 cm³/mol. The van der Waals surface area contributed by atoms with Crippen molar-refractivity contribution in [1.82, 2.24) is 25.1 Å². The Balaban J connectivity index is 0.00000320. The van der Waals surface area contributed by atoms with Crippen LogP contribution in [0, 0.1) is 5.82 Å². The summed E-state index contributed by atoms with van der Waals surface area (Å²) in [5.74, 6) is 2.35. The fourth-order valence-electron chi connectivity index (χ4n) is 5.46. The molecule has 2 fully saturated rings. The van der Waals surface area contributed by atoms with Crippen LogP contribution in [0.5, 0.6) is 17.2 Å². The average Bonchev–Trinajstić information content (AvgIpc) is 3.61. The monoisotopic (exact) mass is 532 g/mol. The number of rotatable bonds is 8. The van der Waals surface area contributed by atoms with Crippen molar-refractivity contribution in [2.45, 2.75) is 37.8 Å². The summed E-state index contributed by atoms with van der Waals surface area (Å²) in [6, 6.07) is 10.8. The summed E-state index contributed by atoms with van der Waals surface area (Å²) in [4.78, 5) is 4.68. The summed E-state index contributed by atoms with van der Waals surface area (Å²) in [6.07, 6.45) is 4.54. The van der Waals surface area contributed by atoms with E-state index in [-0.39, 0.29) is 24.3 Å². The van der Waals surface area contributed by atoms with Gasteiger partial charge in [0.05, 0.1) is 33.4 Å². The minimum Gasteiger partial charge on any atom is -0.493 e. The van der Waals surface area contributed by atoms with Gasteiger partial charge in [-0.05, 0) is 65.2 Å². The number of benzene rings is 2. The third-order valence-corrected chi connectivity index (χ3v) is 7.31. The molecule has 37 heavy (non-hydrogen) atoms. The van der Waals surface area contributed by atoms with Crippen LogP contribution < -0.4 is 19.1 Å². The number of aromatic nitrogens is 4. The highest BCUT2D eigenvalue weighted by Crippen LogP contribution is 2.43. The van der Waals surface area contributed by atoms with Gasteiger partial charge in [-0.3, -0.25) is 4.90 Å². The summed E-state index contributed by atoms with van der Waals surface area (Å²) in [6.45, 7) is 3.18. The highest BCUT2D eigenvalue weighted by Gasteiger charge is 2.34. The Kier molecular flexibility index (Phi) is 8.71. The van der Waals surface area contributed by atoms with Gasteiger partial charge >= 0.3 is 0 Å². The second kappa shape index (κ2) is 12.0. The Bertz CT molecular complexity index is 1140. The van der Waals surface area contributed by atoms with Gasteiger partial charge in [0.15, 0.2) is 17.3 Å². The molecule has 1 aliphatic carbocycles. The number of hydrogen-bond donors (Lipinski definition) is 0. The Hall–Kier alpha value is -3.11. The minimum atomic E-state index is -0.224. The molecule has 0 amide bonds. The van der Waals surface area contributed by atoms with Crippen LogP contribution in [-0.2, 0) is 0 Å². The molecule has 1 unspecified atom stereocenters. The summed E-state index contributed by atoms with van der Waals surface area (Å²) in [7, 11) is 4.85. The van der Waals surface area contributed by atoms with Crippen molar-refractivity contribution < 1.29 is 18.6 Å². The quantitative estimate of drug-likeness (QED) is 0.425. The van der Waals surface area contributed by atoms with Gasteiger partial charge in [-0.25, -0.2) is 9.07 Å². The predicted octanol–water partition coefficient (Wildman–Crippen LogP) is 4.29. The van der Waals surface area contributed by atoms with Crippen molar-refractivity contribution >= 4 is 18.1 Å². The van der Waals surface area contributed by atoms with Crippen LogP contribution in [0.4, 0.5) is 10.1 Å². The largest absolute Gasteiger partial charge is 0.493 e. The first-order chi connectivity index (χ1) is 17.6. The van der Waals surface area contributed by atoms with E-state index in [4.69, 9.17) is 14.2 Å². The molecular weight excluding hydrogens is 499 g/mol. The molecule has 0 N–H and O–H groups in total. The van der Waals surface area contributed by atoms with Gasteiger partial charge in [0.25, 0.3) is 0 Å². The zero-order valence-corrected chi connectivity index (χ0v) is 22.3. The van der Waals surface area contributed by atoms with E-state index in [2.05, 4.69) is 25.3 Å². The average molecular weight is 533 g/mol. The highest BCUT2D eigenvalue weighted by molar-refractivity contribution is 5.85.